The van der Waals surface area contributed by atoms with Gasteiger partial charge in [0.25, 0.3) is 0 Å². The van der Waals surface area contributed by atoms with Crippen LogP contribution in [0.25, 0.3) is 0 Å². The van der Waals surface area contributed by atoms with E-state index >= 15 is 0 Å². The summed E-state index contributed by atoms with van der Waals surface area (Å²) in [6, 6.07) is 4.72. The van der Waals surface area contributed by atoms with Crippen LogP contribution >= 0.6 is 0 Å². The highest BCUT2D eigenvalue weighted by molar-refractivity contribution is 6.01. The molecule has 0 saturated heterocycles. The van der Waals surface area contributed by atoms with Crippen molar-refractivity contribution in [2.24, 2.45) is 5.92 Å². The zero-order chi connectivity index (χ0) is 13.0. The molecule has 1 aromatic carbocycles. The number of nitrogens with zero attached hydrogens (tertiary/aromatic N) is 1. The van der Waals surface area contributed by atoms with Crippen molar-refractivity contribution in [3.8, 4) is 0 Å². The minimum atomic E-state index is 0.0757. The first-order chi connectivity index (χ1) is 9.20. The Bertz CT molecular complexity index is 547. The molecule has 1 heterocycles. The molecular weight excluding hydrogens is 238 g/mol. The summed E-state index contributed by atoms with van der Waals surface area (Å²) in [5.41, 5.74) is 10.2. The molecule has 4 rings (SSSR count). The summed E-state index contributed by atoms with van der Waals surface area (Å²) in [6.07, 6.45) is 5.71. The summed E-state index contributed by atoms with van der Waals surface area (Å²) >= 11 is 0. The Kier molecular flexibility index (Phi) is 2.28. The van der Waals surface area contributed by atoms with E-state index in [1.54, 1.807) is 0 Å². The van der Waals surface area contributed by atoms with Gasteiger partial charge in [-0.2, -0.15) is 0 Å². The number of amides is 1. The van der Waals surface area contributed by atoms with Crippen molar-refractivity contribution in [1.29, 1.82) is 0 Å². The number of rotatable bonds is 4. The third-order valence-corrected chi connectivity index (χ3v) is 4.33. The molecule has 4 nitrogen and oxygen atoms in total. The van der Waals surface area contributed by atoms with Gasteiger partial charge in [-0.1, -0.05) is 0 Å². The van der Waals surface area contributed by atoms with Crippen LogP contribution in [0.3, 0.4) is 0 Å². The lowest BCUT2D eigenvalue weighted by Crippen LogP contribution is -2.28. The molecule has 0 bridgehead atoms. The molecule has 3 N–H and O–H groups in total. The monoisotopic (exact) mass is 257 g/mol. The molecule has 0 aromatic heterocycles. The Morgan fingerprint density at radius 1 is 1.26 bits per heavy atom. The van der Waals surface area contributed by atoms with Gasteiger partial charge < -0.3 is 16.0 Å². The van der Waals surface area contributed by atoms with Crippen LogP contribution in [0.15, 0.2) is 12.1 Å². The Morgan fingerprint density at radius 2 is 2.05 bits per heavy atom. The standard InChI is InChI=1S/C15H19N3O/c16-12-5-10-6-15(19)17-13(10)7-14(12)18(11-3-4-11)8-9-1-2-9/h5,7,9,11H,1-4,6,8,16H2,(H,17,19). The van der Waals surface area contributed by atoms with Gasteiger partial charge in [-0.05, 0) is 49.3 Å². The number of hydrogen-bond donors (Lipinski definition) is 2. The number of fused-ring (bicyclic) bond motifs is 1. The van der Waals surface area contributed by atoms with Crippen LogP contribution in [0, 0.1) is 5.92 Å². The molecule has 1 aliphatic heterocycles. The molecule has 0 atom stereocenters. The second-order valence-corrected chi connectivity index (χ2v) is 6.12. The Morgan fingerprint density at radius 3 is 2.74 bits per heavy atom. The van der Waals surface area contributed by atoms with Crippen LogP contribution in [0.2, 0.25) is 0 Å². The molecule has 2 aliphatic carbocycles. The Balaban J connectivity index is 1.68. The van der Waals surface area contributed by atoms with Crippen molar-refractivity contribution >= 4 is 23.0 Å². The van der Waals surface area contributed by atoms with Crippen molar-refractivity contribution < 1.29 is 4.79 Å². The van der Waals surface area contributed by atoms with Crippen LogP contribution in [-0.2, 0) is 11.2 Å². The zero-order valence-corrected chi connectivity index (χ0v) is 11.0. The van der Waals surface area contributed by atoms with Crippen molar-refractivity contribution in [3.63, 3.8) is 0 Å². The number of nitrogens with one attached hydrogen (secondary N) is 1. The number of nitrogen functional groups attached to an aromatic ring is 1. The van der Waals surface area contributed by atoms with E-state index < -0.39 is 0 Å². The van der Waals surface area contributed by atoms with Crippen molar-refractivity contribution in [2.75, 3.05) is 22.5 Å². The average Bonchev–Trinajstić information content (AvgIpc) is 3.22. The lowest BCUT2D eigenvalue weighted by atomic mass is 10.1. The normalized spacial score (nSPS) is 21.2. The van der Waals surface area contributed by atoms with Crippen LogP contribution in [0.4, 0.5) is 17.1 Å². The number of anilines is 3. The summed E-state index contributed by atoms with van der Waals surface area (Å²) in [6.45, 7) is 1.13. The Labute approximate surface area is 113 Å². The maximum atomic E-state index is 11.5. The zero-order valence-electron chi connectivity index (χ0n) is 11.0. The second kappa shape index (κ2) is 3.89. The molecule has 19 heavy (non-hydrogen) atoms. The van der Waals surface area contributed by atoms with E-state index in [4.69, 9.17) is 5.73 Å². The molecule has 1 aromatic rings. The van der Waals surface area contributed by atoms with E-state index in [9.17, 15) is 4.79 Å². The summed E-state index contributed by atoms with van der Waals surface area (Å²) in [4.78, 5) is 13.9. The minimum Gasteiger partial charge on any atom is -0.397 e. The first-order valence-corrected chi connectivity index (χ1v) is 7.19. The lowest BCUT2D eigenvalue weighted by molar-refractivity contribution is -0.115. The number of carbonyl (C=O) groups is 1. The van der Waals surface area contributed by atoms with Crippen LogP contribution in [0.5, 0.6) is 0 Å². The van der Waals surface area contributed by atoms with Gasteiger partial charge in [0.2, 0.25) is 5.91 Å². The average molecular weight is 257 g/mol. The first-order valence-electron chi connectivity index (χ1n) is 7.19. The third-order valence-electron chi connectivity index (χ3n) is 4.33. The highest BCUT2D eigenvalue weighted by Crippen LogP contribution is 2.42. The van der Waals surface area contributed by atoms with E-state index in [0.29, 0.717) is 12.5 Å². The van der Waals surface area contributed by atoms with Gasteiger partial charge in [-0.3, -0.25) is 4.79 Å². The van der Waals surface area contributed by atoms with Gasteiger partial charge in [0.1, 0.15) is 0 Å². The molecule has 4 heteroatoms. The fraction of sp³-hybridized carbons (Fsp3) is 0.533. The third kappa shape index (κ3) is 2.05. The summed E-state index contributed by atoms with van der Waals surface area (Å²) in [7, 11) is 0. The van der Waals surface area contributed by atoms with E-state index in [1.807, 2.05) is 6.07 Å². The van der Waals surface area contributed by atoms with E-state index in [-0.39, 0.29) is 5.91 Å². The molecule has 0 radical (unpaired) electrons. The Hall–Kier alpha value is -1.71. The number of carbonyl (C=O) groups excluding carboxylic acids is 1. The molecular formula is C15H19N3O. The van der Waals surface area contributed by atoms with Crippen molar-refractivity contribution in [2.45, 2.75) is 38.1 Å². The van der Waals surface area contributed by atoms with Gasteiger partial charge in [0.05, 0.1) is 17.8 Å². The smallest absolute Gasteiger partial charge is 0.228 e. The van der Waals surface area contributed by atoms with Crippen LogP contribution in [0.1, 0.15) is 31.2 Å². The quantitative estimate of drug-likeness (QED) is 0.812. The van der Waals surface area contributed by atoms with Gasteiger partial charge in [0, 0.05) is 18.3 Å². The van der Waals surface area contributed by atoms with Crippen LogP contribution in [-0.4, -0.2) is 18.5 Å². The molecule has 3 aliphatic rings. The second-order valence-electron chi connectivity index (χ2n) is 6.12. The molecule has 100 valence electrons. The summed E-state index contributed by atoms with van der Waals surface area (Å²) in [5, 5.41) is 2.93. The molecule has 0 unspecified atom stereocenters. The van der Waals surface area contributed by atoms with Crippen LogP contribution < -0.4 is 16.0 Å². The molecule has 2 saturated carbocycles. The summed E-state index contributed by atoms with van der Waals surface area (Å²) < 4.78 is 0. The SMILES string of the molecule is Nc1cc2c(cc1N(CC1CC1)C1CC1)NC(=O)C2. The van der Waals surface area contributed by atoms with Crippen molar-refractivity contribution in [1.82, 2.24) is 0 Å². The predicted octanol–water partition coefficient (Wildman–Crippen LogP) is 2.14. The van der Waals surface area contributed by atoms with Gasteiger partial charge in [-0.25, -0.2) is 0 Å². The fourth-order valence-corrected chi connectivity index (χ4v) is 2.94. The van der Waals surface area contributed by atoms with E-state index in [2.05, 4.69) is 16.3 Å². The molecule has 0 spiro atoms. The topological polar surface area (TPSA) is 58.4 Å². The van der Waals surface area contributed by atoms with Gasteiger partial charge in [0.15, 0.2) is 0 Å². The number of hydrogen-bond acceptors (Lipinski definition) is 3. The number of benzene rings is 1. The maximum absolute atomic E-state index is 11.5. The minimum absolute atomic E-state index is 0.0757. The largest absolute Gasteiger partial charge is 0.397 e. The molecule has 1 amide bonds. The first kappa shape index (κ1) is 11.1. The lowest BCUT2D eigenvalue weighted by Gasteiger charge is -2.26. The number of nitrogens with two attached hydrogens (primary N) is 1. The summed E-state index contributed by atoms with van der Waals surface area (Å²) in [5.74, 6) is 0.926. The highest BCUT2D eigenvalue weighted by Gasteiger charge is 2.35. The highest BCUT2D eigenvalue weighted by atomic mass is 16.1. The van der Waals surface area contributed by atoms with Crippen molar-refractivity contribution in [3.05, 3.63) is 17.7 Å². The van der Waals surface area contributed by atoms with Gasteiger partial charge in [-0.15, -0.1) is 0 Å². The molecule has 2 fully saturated rings. The van der Waals surface area contributed by atoms with E-state index in [1.165, 1.54) is 25.7 Å². The van der Waals surface area contributed by atoms with E-state index in [0.717, 1.165) is 35.1 Å². The van der Waals surface area contributed by atoms with Gasteiger partial charge >= 0.3 is 0 Å². The fourth-order valence-electron chi connectivity index (χ4n) is 2.94. The predicted molar refractivity (Wildman–Crippen MR) is 76.3 cm³/mol. The maximum Gasteiger partial charge on any atom is 0.228 e.